The van der Waals surface area contributed by atoms with Gasteiger partial charge in [-0.2, -0.15) is 4.68 Å². The van der Waals surface area contributed by atoms with E-state index in [1.54, 1.807) is 4.68 Å². The maximum absolute atomic E-state index is 6.16. The van der Waals surface area contributed by atoms with Crippen molar-refractivity contribution >= 4 is 0 Å². The van der Waals surface area contributed by atoms with E-state index in [-0.39, 0.29) is 6.10 Å². The molecule has 0 saturated carbocycles. The van der Waals surface area contributed by atoms with Crippen molar-refractivity contribution in [1.29, 1.82) is 0 Å². The van der Waals surface area contributed by atoms with E-state index in [1.165, 1.54) is 0 Å². The molecule has 0 radical (unpaired) electrons. The molecule has 2 heterocycles. The summed E-state index contributed by atoms with van der Waals surface area (Å²) in [4.78, 5) is 0. The summed E-state index contributed by atoms with van der Waals surface area (Å²) >= 11 is 0. The second kappa shape index (κ2) is 4.45. The van der Waals surface area contributed by atoms with Crippen molar-refractivity contribution < 1.29 is 4.74 Å². The molecule has 1 aliphatic heterocycles. The molecule has 2 aromatic carbocycles. The summed E-state index contributed by atoms with van der Waals surface area (Å²) in [6.07, 6.45) is 0.565. The van der Waals surface area contributed by atoms with E-state index in [0.29, 0.717) is 6.42 Å². The molecule has 0 bridgehead atoms. The van der Waals surface area contributed by atoms with Crippen molar-refractivity contribution in [3.63, 3.8) is 0 Å². The predicted molar refractivity (Wildman–Crippen MR) is 72.7 cm³/mol. The summed E-state index contributed by atoms with van der Waals surface area (Å²) in [7, 11) is 0. The number of benzene rings is 2. The van der Waals surface area contributed by atoms with Crippen molar-refractivity contribution in [3.8, 4) is 11.4 Å². The fourth-order valence-corrected chi connectivity index (χ4v) is 2.47. The number of nitrogens with zero attached hydrogens (tertiary/aromatic N) is 4. The summed E-state index contributed by atoms with van der Waals surface area (Å²) < 4.78 is 7.90. The average molecular weight is 264 g/mol. The third-order valence-electron chi connectivity index (χ3n) is 3.44. The number of para-hydroxylation sites is 2. The Labute approximate surface area is 115 Å². The van der Waals surface area contributed by atoms with Crippen LogP contribution in [0.1, 0.15) is 17.5 Å². The zero-order chi connectivity index (χ0) is 13.4. The second-order valence-corrected chi connectivity index (χ2v) is 4.70. The normalized spacial score (nSPS) is 16.7. The molecule has 0 fully saturated rings. The lowest BCUT2D eigenvalue weighted by Gasteiger charge is -2.16. The largest absolute Gasteiger partial charge is 0.483 e. The number of hydrogen-bond acceptors (Lipinski definition) is 4. The van der Waals surface area contributed by atoms with Crippen LogP contribution in [0.25, 0.3) is 5.69 Å². The molecule has 1 aromatic heterocycles. The Hall–Kier alpha value is -2.69. The van der Waals surface area contributed by atoms with Gasteiger partial charge in [-0.15, -0.1) is 5.10 Å². The van der Waals surface area contributed by atoms with Crippen molar-refractivity contribution in [3.05, 3.63) is 66.0 Å². The quantitative estimate of drug-likeness (QED) is 0.677. The van der Waals surface area contributed by atoms with Crippen molar-refractivity contribution in [1.82, 2.24) is 20.2 Å². The predicted octanol–water partition coefficient (Wildman–Crippen LogP) is 2.34. The van der Waals surface area contributed by atoms with Gasteiger partial charge in [-0.1, -0.05) is 42.5 Å². The Morgan fingerprint density at radius 2 is 1.80 bits per heavy atom. The SMILES string of the molecule is c1ccc(C2Cc3nnnn3-c3ccccc3O2)cc1. The van der Waals surface area contributed by atoms with E-state index in [2.05, 4.69) is 27.7 Å². The van der Waals surface area contributed by atoms with Crippen molar-refractivity contribution in [2.45, 2.75) is 12.5 Å². The third kappa shape index (κ3) is 1.75. The highest BCUT2D eigenvalue weighted by molar-refractivity contribution is 5.47. The van der Waals surface area contributed by atoms with E-state index < -0.39 is 0 Å². The second-order valence-electron chi connectivity index (χ2n) is 4.70. The average Bonchev–Trinajstić information content (AvgIpc) is 2.90. The lowest BCUT2D eigenvalue weighted by atomic mass is 10.1. The zero-order valence-corrected chi connectivity index (χ0v) is 10.7. The Morgan fingerprint density at radius 3 is 2.70 bits per heavy atom. The molecule has 0 spiro atoms. The molecule has 0 saturated heterocycles. The number of rotatable bonds is 1. The molecule has 0 amide bonds. The summed E-state index contributed by atoms with van der Waals surface area (Å²) in [6.45, 7) is 0. The Kier molecular flexibility index (Phi) is 2.48. The van der Waals surface area contributed by atoms with Crippen molar-refractivity contribution in [2.75, 3.05) is 0 Å². The number of ether oxygens (including phenoxy) is 1. The lowest BCUT2D eigenvalue weighted by molar-refractivity contribution is 0.208. The smallest absolute Gasteiger partial charge is 0.160 e. The molecule has 5 nitrogen and oxygen atoms in total. The molecular formula is C15H12N4O. The lowest BCUT2D eigenvalue weighted by Crippen LogP contribution is -2.10. The summed E-state index contributed by atoms with van der Waals surface area (Å²) in [6, 6.07) is 18.0. The van der Waals surface area contributed by atoms with Gasteiger partial charge < -0.3 is 4.74 Å². The monoisotopic (exact) mass is 264 g/mol. The van der Waals surface area contributed by atoms with Crippen LogP contribution in [0.3, 0.4) is 0 Å². The molecule has 1 atom stereocenters. The Morgan fingerprint density at radius 1 is 1.00 bits per heavy atom. The van der Waals surface area contributed by atoms with E-state index >= 15 is 0 Å². The Bertz CT molecular complexity index is 738. The van der Waals surface area contributed by atoms with E-state index in [1.807, 2.05) is 42.5 Å². The first-order chi connectivity index (χ1) is 9.92. The fraction of sp³-hybridized carbons (Fsp3) is 0.133. The number of hydrogen-bond donors (Lipinski definition) is 0. The molecule has 0 aliphatic carbocycles. The van der Waals surface area contributed by atoms with E-state index in [9.17, 15) is 0 Å². The zero-order valence-electron chi connectivity index (χ0n) is 10.7. The van der Waals surface area contributed by atoms with Crippen LogP contribution in [0.5, 0.6) is 5.75 Å². The first kappa shape index (κ1) is 11.2. The van der Waals surface area contributed by atoms with Gasteiger partial charge in [0.05, 0.1) is 6.42 Å². The minimum atomic E-state index is -0.0791. The first-order valence-electron chi connectivity index (χ1n) is 6.50. The van der Waals surface area contributed by atoms with Gasteiger partial charge in [0.15, 0.2) is 5.82 Å². The summed E-state index contributed by atoms with van der Waals surface area (Å²) in [5.74, 6) is 1.61. The maximum Gasteiger partial charge on any atom is 0.160 e. The Balaban J connectivity index is 1.85. The van der Waals surface area contributed by atoms with Crippen molar-refractivity contribution in [2.24, 2.45) is 0 Å². The molecule has 5 heteroatoms. The minimum absolute atomic E-state index is 0.0791. The van der Waals surface area contributed by atoms with Crippen LogP contribution >= 0.6 is 0 Å². The van der Waals surface area contributed by atoms with Crippen LogP contribution < -0.4 is 4.74 Å². The fourth-order valence-electron chi connectivity index (χ4n) is 2.47. The molecular weight excluding hydrogens is 252 g/mol. The van der Waals surface area contributed by atoms with Crippen LogP contribution in [0.2, 0.25) is 0 Å². The van der Waals surface area contributed by atoms with E-state index in [0.717, 1.165) is 22.8 Å². The third-order valence-corrected chi connectivity index (χ3v) is 3.44. The maximum atomic E-state index is 6.16. The standard InChI is InChI=1S/C15H12N4O/c1-2-6-11(7-3-1)14-10-15-16-17-18-19(15)12-8-4-5-9-13(12)20-14/h1-9,14H,10H2. The van der Waals surface area contributed by atoms with Crippen LogP contribution in [-0.4, -0.2) is 20.2 Å². The number of tetrazole rings is 1. The summed E-state index contributed by atoms with van der Waals surface area (Å²) in [5, 5.41) is 12.0. The van der Waals surface area contributed by atoms with Gasteiger partial charge in [0.1, 0.15) is 17.5 Å². The minimum Gasteiger partial charge on any atom is -0.483 e. The molecule has 3 aromatic rings. The van der Waals surface area contributed by atoms with E-state index in [4.69, 9.17) is 4.74 Å². The molecule has 1 unspecified atom stereocenters. The van der Waals surface area contributed by atoms with Crippen LogP contribution in [0.4, 0.5) is 0 Å². The van der Waals surface area contributed by atoms with Gasteiger partial charge in [-0.3, -0.25) is 0 Å². The van der Waals surface area contributed by atoms with Crippen LogP contribution in [0, 0.1) is 0 Å². The molecule has 1 aliphatic rings. The topological polar surface area (TPSA) is 52.8 Å². The number of aromatic nitrogens is 4. The molecule has 0 N–H and O–H groups in total. The highest BCUT2D eigenvalue weighted by Crippen LogP contribution is 2.33. The highest BCUT2D eigenvalue weighted by Gasteiger charge is 2.25. The van der Waals surface area contributed by atoms with Gasteiger partial charge in [-0.25, -0.2) is 0 Å². The molecule has 98 valence electrons. The number of fused-ring (bicyclic) bond motifs is 3. The van der Waals surface area contributed by atoms with Gasteiger partial charge >= 0.3 is 0 Å². The van der Waals surface area contributed by atoms with Crippen LogP contribution in [-0.2, 0) is 6.42 Å². The van der Waals surface area contributed by atoms with Gasteiger partial charge in [-0.05, 0) is 28.1 Å². The van der Waals surface area contributed by atoms with Crippen LogP contribution in [0.15, 0.2) is 54.6 Å². The molecule has 4 rings (SSSR count). The van der Waals surface area contributed by atoms with Gasteiger partial charge in [0.2, 0.25) is 0 Å². The molecule has 20 heavy (non-hydrogen) atoms. The van der Waals surface area contributed by atoms with Gasteiger partial charge in [0.25, 0.3) is 0 Å². The van der Waals surface area contributed by atoms with Gasteiger partial charge in [0, 0.05) is 0 Å². The summed E-state index contributed by atoms with van der Waals surface area (Å²) in [5.41, 5.74) is 2.00. The highest BCUT2D eigenvalue weighted by atomic mass is 16.5. The first-order valence-corrected chi connectivity index (χ1v) is 6.50.